The number of hydrogen-bond donors (Lipinski definition) is 0. The van der Waals surface area contributed by atoms with Crippen LogP contribution in [0.2, 0.25) is 5.28 Å². The third kappa shape index (κ3) is 2.09. The Morgan fingerprint density at radius 1 is 1.36 bits per heavy atom. The van der Waals surface area contributed by atoms with Gasteiger partial charge < -0.3 is 4.57 Å². The second-order valence-electron chi connectivity index (χ2n) is 2.86. The van der Waals surface area contributed by atoms with E-state index in [0.29, 0.717) is 5.28 Å². The van der Waals surface area contributed by atoms with Crippen molar-refractivity contribution in [2.24, 2.45) is 0 Å². The molecule has 0 radical (unpaired) electrons. The van der Waals surface area contributed by atoms with E-state index < -0.39 is 0 Å². The van der Waals surface area contributed by atoms with Crippen LogP contribution >= 0.6 is 11.6 Å². The van der Waals surface area contributed by atoms with Crippen molar-refractivity contribution >= 4 is 11.6 Å². The average molecular weight is 209 g/mol. The van der Waals surface area contributed by atoms with Crippen LogP contribution in [0.3, 0.4) is 0 Å². The van der Waals surface area contributed by atoms with Crippen LogP contribution in [-0.2, 0) is 13.0 Å². The molecule has 2 rings (SSSR count). The lowest BCUT2D eigenvalue weighted by atomic mass is 10.3. The van der Waals surface area contributed by atoms with Crippen molar-refractivity contribution in [3.8, 4) is 0 Å². The van der Waals surface area contributed by atoms with Crippen molar-refractivity contribution in [2.75, 3.05) is 0 Å². The van der Waals surface area contributed by atoms with Gasteiger partial charge in [0.1, 0.15) is 6.33 Å². The molecule has 4 nitrogen and oxygen atoms in total. The highest BCUT2D eigenvalue weighted by Crippen LogP contribution is 2.04. The molecule has 2 aromatic rings. The molecule has 0 atom stereocenters. The van der Waals surface area contributed by atoms with E-state index >= 15 is 0 Å². The van der Waals surface area contributed by atoms with Crippen LogP contribution in [0.15, 0.2) is 30.7 Å². The molecule has 0 aliphatic carbocycles. The molecule has 14 heavy (non-hydrogen) atoms. The second kappa shape index (κ2) is 4.19. The normalized spacial score (nSPS) is 10.4. The standard InChI is InChI=1S/C9H9ClN4/c10-9-13-12-7-14(9)6-4-8-3-1-2-5-11-8/h1-3,5,7H,4,6H2. The molecule has 0 spiro atoms. The van der Waals surface area contributed by atoms with E-state index in [9.17, 15) is 0 Å². The zero-order chi connectivity index (χ0) is 9.80. The molecule has 72 valence electrons. The van der Waals surface area contributed by atoms with Crippen LogP contribution in [0, 0.1) is 0 Å². The average Bonchev–Trinajstić information content (AvgIpc) is 2.63. The maximum Gasteiger partial charge on any atom is 0.224 e. The Balaban J connectivity index is 1.99. The summed E-state index contributed by atoms with van der Waals surface area (Å²) in [5, 5.41) is 7.80. The van der Waals surface area contributed by atoms with Gasteiger partial charge >= 0.3 is 0 Å². The van der Waals surface area contributed by atoms with Crippen LogP contribution in [0.4, 0.5) is 0 Å². The van der Waals surface area contributed by atoms with Crippen molar-refractivity contribution in [1.82, 2.24) is 19.7 Å². The highest BCUT2D eigenvalue weighted by Gasteiger charge is 2.00. The Labute approximate surface area is 86.6 Å². The van der Waals surface area contributed by atoms with Gasteiger partial charge in [0.2, 0.25) is 5.28 Å². The summed E-state index contributed by atoms with van der Waals surface area (Å²) >= 11 is 5.77. The summed E-state index contributed by atoms with van der Waals surface area (Å²) in [6.07, 6.45) is 4.23. The van der Waals surface area contributed by atoms with Gasteiger partial charge in [-0.15, -0.1) is 10.2 Å². The van der Waals surface area contributed by atoms with Crippen molar-refractivity contribution in [2.45, 2.75) is 13.0 Å². The fraction of sp³-hybridized carbons (Fsp3) is 0.222. The van der Waals surface area contributed by atoms with Gasteiger partial charge in [0, 0.05) is 24.9 Å². The molecule has 0 saturated carbocycles. The molecule has 5 heteroatoms. The summed E-state index contributed by atoms with van der Waals surface area (Å²) in [7, 11) is 0. The van der Waals surface area contributed by atoms with Gasteiger partial charge in [-0.05, 0) is 23.7 Å². The molecule has 0 bridgehead atoms. The minimum Gasteiger partial charge on any atom is -0.304 e. The Morgan fingerprint density at radius 2 is 2.29 bits per heavy atom. The lowest BCUT2D eigenvalue weighted by Crippen LogP contribution is -2.01. The topological polar surface area (TPSA) is 43.6 Å². The molecular formula is C9H9ClN4. The molecule has 2 aromatic heterocycles. The van der Waals surface area contributed by atoms with Gasteiger partial charge in [0.05, 0.1) is 0 Å². The van der Waals surface area contributed by atoms with Gasteiger partial charge in [0.15, 0.2) is 0 Å². The summed E-state index contributed by atoms with van der Waals surface area (Å²) < 4.78 is 1.79. The first-order valence-electron chi connectivity index (χ1n) is 4.29. The zero-order valence-corrected chi connectivity index (χ0v) is 8.22. The molecule has 0 N–H and O–H groups in total. The first-order valence-corrected chi connectivity index (χ1v) is 4.67. The Bertz CT molecular complexity index is 398. The van der Waals surface area contributed by atoms with Gasteiger partial charge in [0.25, 0.3) is 0 Å². The predicted molar refractivity (Wildman–Crippen MR) is 53.0 cm³/mol. The third-order valence-electron chi connectivity index (χ3n) is 1.90. The van der Waals surface area contributed by atoms with E-state index in [0.717, 1.165) is 18.7 Å². The van der Waals surface area contributed by atoms with E-state index in [2.05, 4.69) is 15.2 Å². The molecule has 0 aliphatic heterocycles. The van der Waals surface area contributed by atoms with Crippen LogP contribution in [0.1, 0.15) is 5.69 Å². The fourth-order valence-electron chi connectivity index (χ4n) is 1.17. The monoisotopic (exact) mass is 208 g/mol. The summed E-state index contributed by atoms with van der Waals surface area (Å²) in [4.78, 5) is 4.21. The number of halogens is 1. The van der Waals surface area contributed by atoms with Gasteiger partial charge in [-0.2, -0.15) is 0 Å². The van der Waals surface area contributed by atoms with Crippen LogP contribution in [-0.4, -0.2) is 19.7 Å². The number of hydrogen-bond acceptors (Lipinski definition) is 3. The minimum atomic E-state index is 0.418. The van der Waals surface area contributed by atoms with Crippen LogP contribution in [0.25, 0.3) is 0 Å². The van der Waals surface area contributed by atoms with Crippen molar-refractivity contribution < 1.29 is 0 Å². The number of rotatable bonds is 3. The molecule has 0 aliphatic rings. The number of aromatic nitrogens is 4. The number of nitrogens with zero attached hydrogens (tertiary/aromatic N) is 4. The summed E-state index contributed by atoms with van der Waals surface area (Å²) in [6, 6.07) is 5.85. The van der Waals surface area contributed by atoms with E-state index in [1.54, 1.807) is 17.1 Å². The lowest BCUT2D eigenvalue weighted by molar-refractivity contribution is 0.683. The van der Waals surface area contributed by atoms with Gasteiger partial charge in [-0.3, -0.25) is 4.98 Å². The summed E-state index contributed by atoms with van der Waals surface area (Å²) in [5.74, 6) is 0. The Morgan fingerprint density at radius 3 is 2.93 bits per heavy atom. The first-order chi connectivity index (χ1) is 6.86. The smallest absolute Gasteiger partial charge is 0.224 e. The molecular weight excluding hydrogens is 200 g/mol. The van der Waals surface area contributed by atoms with E-state index in [1.807, 2.05) is 18.2 Å². The third-order valence-corrected chi connectivity index (χ3v) is 2.20. The summed E-state index contributed by atoms with van der Waals surface area (Å²) in [5.41, 5.74) is 1.04. The van der Waals surface area contributed by atoms with Gasteiger partial charge in [-0.25, -0.2) is 0 Å². The highest BCUT2D eigenvalue weighted by atomic mass is 35.5. The van der Waals surface area contributed by atoms with Crippen molar-refractivity contribution in [1.29, 1.82) is 0 Å². The number of pyridine rings is 1. The van der Waals surface area contributed by atoms with Crippen molar-refractivity contribution in [3.63, 3.8) is 0 Å². The highest BCUT2D eigenvalue weighted by molar-refractivity contribution is 6.28. The van der Waals surface area contributed by atoms with Gasteiger partial charge in [-0.1, -0.05) is 6.07 Å². The predicted octanol–water partition coefficient (Wildman–Crippen LogP) is 1.57. The largest absolute Gasteiger partial charge is 0.304 e. The second-order valence-corrected chi connectivity index (χ2v) is 3.20. The van der Waals surface area contributed by atoms with E-state index in [-0.39, 0.29) is 0 Å². The van der Waals surface area contributed by atoms with Crippen LogP contribution < -0.4 is 0 Å². The molecule has 0 amide bonds. The number of aryl methyl sites for hydroxylation is 2. The Hall–Kier alpha value is -1.42. The first kappa shape index (κ1) is 9.15. The molecule has 0 aromatic carbocycles. The maximum absolute atomic E-state index is 5.77. The fourth-order valence-corrected chi connectivity index (χ4v) is 1.34. The molecule has 0 fully saturated rings. The quantitative estimate of drug-likeness (QED) is 0.769. The van der Waals surface area contributed by atoms with E-state index in [1.165, 1.54) is 0 Å². The Kier molecular flexibility index (Phi) is 2.74. The molecule has 2 heterocycles. The molecule has 0 unspecified atom stereocenters. The lowest BCUT2D eigenvalue weighted by Gasteiger charge is -2.01. The zero-order valence-electron chi connectivity index (χ0n) is 7.47. The van der Waals surface area contributed by atoms with Crippen LogP contribution in [0.5, 0.6) is 0 Å². The van der Waals surface area contributed by atoms with E-state index in [4.69, 9.17) is 11.6 Å². The minimum absolute atomic E-state index is 0.418. The molecule has 0 saturated heterocycles. The summed E-state index contributed by atoms with van der Waals surface area (Å²) in [6.45, 7) is 0.753. The SMILES string of the molecule is Clc1nncn1CCc1ccccn1. The van der Waals surface area contributed by atoms with Crippen molar-refractivity contribution in [3.05, 3.63) is 41.7 Å². The maximum atomic E-state index is 5.77.